The summed E-state index contributed by atoms with van der Waals surface area (Å²) in [5.41, 5.74) is -1.46. The number of rotatable bonds is 9. The number of carbonyl (C=O) groups is 4. The summed E-state index contributed by atoms with van der Waals surface area (Å²) in [5, 5.41) is 57.2. The van der Waals surface area contributed by atoms with Gasteiger partial charge in [0, 0.05) is 48.6 Å². The molecular formula is C76H112Cl2N2O14. The SMILES string of the molecule is CC(=O)O[C@@H]([C@H]1C[C@@H](C)[C@H]2[C@H](O1)[C@H](O)[C@@]1(C)[C@@H]3CC[C@H]4C(C)(C)[C@@H](O)CC[C@@]45C[C@@]35CC[C@]21C)C(C)(C)O.CC(=O)O[C@@H]([C@H]1C[C@@H](C)[C@H]2[C@H](O1)[C@H](O)[C@@]1(C)[C@@H]3CC[C@H]4C(C)(C)[C@@H](OC(=O)c5cccnc5)CC[C@@]45C[C@@]35CC[C@]21C)C(C)(C)O.O=C(Cl)c1ccc[nH+]c1.[Cl-]. The third kappa shape index (κ3) is 10.3. The molecule has 0 amide bonds. The molecule has 10 saturated carbocycles. The van der Waals surface area contributed by atoms with Crippen LogP contribution in [0.25, 0.3) is 0 Å². The Labute approximate surface area is 570 Å². The van der Waals surface area contributed by atoms with Gasteiger partial charge >= 0.3 is 17.9 Å². The molecule has 16 nitrogen and oxygen atoms in total. The Morgan fingerprint density at radius 1 is 0.617 bits per heavy atom. The number of nitrogens with zero attached hydrogens (tertiary/aromatic N) is 1. The van der Waals surface area contributed by atoms with Gasteiger partial charge in [-0.2, -0.15) is 0 Å². The predicted molar refractivity (Wildman–Crippen MR) is 349 cm³/mol. The van der Waals surface area contributed by atoms with E-state index in [1.807, 2.05) is 0 Å². The van der Waals surface area contributed by atoms with Crippen LogP contribution in [-0.2, 0) is 33.3 Å². The lowest BCUT2D eigenvalue weighted by Crippen LogP contribution is -3.00. The number of ether oxygens (including phenoxy) is 5. The second-order valence-electron chi connectivity index (χ2n) is 35.7. The van der Waals surface area contributed by atoms with Gasteiger partial charge in [0.1, 0.15) is 6.10 Å². The Bertz CT molecular complexity index is 3200. The number of aromatic nitrogens is 2. The number of halogens is 2. The Hall–Kier alpha value is -3.32. The first-order chi connectivity index (χ1) is 43.2. The largest absolute Gasteiger partial charge is 1.00 e. The maximum Gasteiger partial charge on any atom is 0.339 e. The van der Waals surface area contributed by atoms with E-state index in [9.17, 15) is 44.7 Å². The summed E-state index contributed by atoms with van der Waals surface area (Å²) >= 11 is 5.14. The molecule has 2 aliphatic heterocycles. The molecule has 12 fully saturated rings. The van der Waals surface area contributed by atoms with Gasteiger partial charge in [0.15, 0.2) is 24.6 Å². The van der Waals surface area contributed by atoms with Crippen molar-refractivity contribution in [2.45, 2.75) is 286 Å². The van der Waals surface area contributed by atoms with Crippen LogP contribution in [0.15, 0.2) is 49.1 Å². The number of esters is 3. The number of carbonyl (C=O) groups excluding carboxylic acids is 4. The highest BCUT2D eigenvalue weighted by atomic mass is 35.5. The average molecular weight is 1350 g/mol. The van der Waals surface area contributed by atoms with E-state index in [2.05, 4.69) is 79.2 Å². The maximum atomic E-state index is 13.1. The highest BCUT2D eigenvalue weighted by molar-refractivity contribution is 6.67. The highest BCUT2D eigenvalue weighted by Gasteiger charge is 2.87. The van der Waals surface area contributed by atoms with Crippen LogP contribution in [0.4, 0.5) is 0 Å². The molecule has 94 heavy (non-hydrogen) atoms. The van der Waals surface area contributed by atoms with Crippen LogP contribution in [0.5, 0.6) is 0 Å². The van der Waals surface area contributed by atoms with Gasteiger partial charge in [-0.1, -0.05) is 69.2 Å². The molecule has 2 aromatic heterocycles. The van der Waals surface area contributed by atoms with Crippen LogP contribution in [0, 0.1) is 101 Å². The van der Waals surface area contributed by atoms with Gasteiger partial charge in [0.25, 0.3) is 5.24 Å². The van der Waals surface area contributed by atoms with Gasteiger partial charge in [-0.25, -0.2) is 9.78 Å². The molecule has 524 valence electrons. The van der Waals surface area contributed by atoms with E-state index in [0.29, 0.717) is 53.1 Å². The van der Waals surface area contributed by atoms with Crippen molar-refractivity contribution in [3.8, 4) is 0 Å². The first kappa shape index (κ1) is 71.9. The van der Waals surface area contributed by atoms with Crippen LogP contribution >= 0.6 is 11.6 Å². The monoisotopic (exact) mass is 1350 g/mol. The minimum Gasteiger partial charge on any atom is -1.00 e. The van der Waals surface area contributed by atoms with E-state index >= 15 is 0 Å². The van der Waals surface area contributed by atoms with Gasteiger partial charge in [-0.15, -0.1) is 0 Å². The van der Waals surface area contributed by atoms with Crippen LogP contribution < -0.4 is 17.4 Å². The molecule has 0 bridgehead atoms. The number of pyridine rings is 2. The second-order valence-corrected chi connectivity index (χ2v) is 36.0. The number of H-pyrrole nitrogens is 1. The van der Waals surface area contributed by atoms with E-state index in [1.165, 1.54) is 39.5 Å². The van der Waals surface area contributed by atoms with Gasteiger partial charge in [0.05, 0.1) is 65.1 Å². The molecule has 18 heteroatoms. The molecule has 0 aromatic carbocycles. The van der Waals surface area contributed by atoms with Gasteiger partial charge in [-0.05, 0) is 245 Å². The van der Waals surface area contributed by atoms with Gasteiger partial charge < -0.3 is 61.6 Å². The lowest BCUT2D eigenvalue weighted by Gasteiger charge is -2.63. The zero-order valence-electron chi connectivity index (χ0n) is 58.9. The first-order valence-electron chi connectivity index (χ1n) is 35.6. The van der Waals surface area contributed by atoms with E-state index in [1.54, 1.807) is 76.7 Å². The Morgan fingerprint density at radius 2 is 1.05 bits per heavy atom. The van der Waals surface area contributed by atoms with Crippen molar-refractivity contribution in [2.24, 2.45) is 101 Å². The van der Waals surface area contributed by atoms with Crippen molar-refractivity contribution >= 4 is 34.8 Å². The van der Waals surface area contributed by atoms with Crippen molar-refractivity contribution in [3.05, 3.63) is 60.2 Å². The Kier molecular flexibility index (Phi) is 18.3. The summed E-state index contributed by atoms with van der Waals surface area (Å²) in [6, 6.07) is 6.91. The lowest BCUT2D eigenvalue weighted by atomic mass is 9.41. The summed E-state index contributed by atoms with van der Waals surface area (Å²) in [6.07, 6.45) is 18.4. The third-order valence-corrected chi connectivity index (χ3v) is 30.5. The summed E-state index contributed by atoms with van der Waals surface area (Å²) < 4.78 is 31.1. The molecule has 10 aliphatic carbocycles. The van der Waals surface area contributed by atoms with Gasteiger partial charge in [0.2, 0.25) is 0 Å². The van der Waals surface area contributed by atoms with Crippen LogP contribution in [0.2, 0.25) is 0 Å². The molecule has 6 N–H and O–H groups in total. The molecule has 4 heterocycles. The van der Waals surface area contributed by atoms with Crippen molar-refractivity contribution in [3.63, 3.8) is 0 Å². The lowest BCUT2D eigenvalue weighted by molar-refractivity contribution is -0.378. The molecular weight excluding hydrogens is 1240 g/mol. The van der Waals surface area contributed by atoms with Crippen LogP contribution in [0.1, 0.15) is 234 Å². The van der Waals surface area contributed by atoms with Crippen LogP contribution in [-0.4, -0.2) is 126 Å². The van der Waals surface area contributed by atoms with E-state index in [4.69, 9.17) is 35.3 Å². The molecule has 0 unspecified atom stereocenters. The summed E-state index contributed by atoms with van der Waals surface area (Å²) in [6.45, 7) is 32.8. The summed E-state index contributed by atoms with van der Waals surface area (Å²) in [4.78, 5) is 54.3. The van der Waals surface area contributed by atoms with Crippen molar-refractivity contribution < 1.29 is 85.8 Å². The molecule has 2 saturated heterocycles. The molecule has 26 atom stereocenters. The fourth-order valence-corrected chi connectivity index (χ4v) is 26.3. The second kappa shape index (κ2) is 23.9. The number of hydrogen-bond donors (Lipinski definition) is 5. The molecule has 4 spiro atoms. The fraction of sp³-hybridized carbons (Fsp3) is 0.816. The van der Waals surface area contributed by atoms with E-state index in [0.717, 1.165) is 64.2 Å². The number of nitrogens with one attached hydrogen (secondary N) is 1. The average Bonchev–Trinajstić information content (AvgIpc) is 1.47. The summed E-state index contributed by atoms with van der Waals surface area (Å²) in [5.74, 6) is 1.64. The number of aliphatic hydroxyl groups is 5. The van der Waals surface area contributed by atoms with Gasteiger partial charge in [-0.3, -0.25) is 19.4 Å². The number of hydrogen-bond acceptors (Lipinski definition) is 15. The van der Waals surface area contributed by atoms with Crippen molar-refractivity contribution in [1.82, 2.24) is 4.98 Å². The Balaban J connectivity index is 0.000000170. The maximum absolute atomic E-state index is 13.1. The number of aliphatic hydroxyl groups excluding tert-OH is 3. The normalized spacial score (nSPS) is 46.6. The fourth-order valence-electron chi connectivity index (χ4n) is 26.1. The molecule has 12 aliphatic rings. The molecule has 14 rings (SSSR count). The van der Waals surface area contributed by atoms with E-state index in [-0.39, 0.29) is 115 Å². The minimum absolute atomic E-state index is 0. The summed E-state index contributed by atoms with van der Waals surface area (Å²) in [7, 11) is 0. The quantitative estimate of drug-likeness (QED) is 0.0895. The van der Waals surface area contributed by atoms with E-state index < -0.39 is 65.0 Å². The Morgan fingerprint density at radius 3 is 1.46 bits per heavy atom. The van der Waals surface area contributed by atoms with Crippen LogP contribution in [0.3, 0.4) is 0 Å². The zero-order valence-corrected chi connectivity index (χ0v) is 60.5. The van der Waals surface area contributed by atoms with Crippen molar-refractivity contribution in [1.29, 1.82) is 0 Å². The topological polar surface area (TPSA) is 243 Å². The predicted octanol–water partition coefficient (Wildman–Crippen LogP) is 8.87. The third-order valence-electron chi connectivity index (χ3n) is 30.3. The smallest absolute Gasteiger partial charge is 0.339 e. The number of fused-ring (bicyclic) bond motifs is 8. The molecule has 2 aromatic rings. The van der Waals surface area contributed by atoms with Crippen molar-refractivity contribution in [2.75, 3.05) is 0 Å². The zero-order chi connectivity index (χ0) is 67.8. The molecule has 0 radical (unpaired) electrons. The highest BCUT2D eigenvalue weighted by Crippen LogP contribution is 2.91. The first-order valence-corrected chi connectivity index (χ1v) is 36.0. The minimum atomic E-state index is -1.27. The standard InChI is InChI=1S/C38H55NO7.C32H52O6.C6H4ClNO.ClH/c1-21-18-24(31(34(5,6)43)44-22(2)40)45-29-28(21)35(7)15-16-38-20-37(38)14-13-27(46-32(42)23-10-9-17-39-19-23)33(3,4)25(37)11-12-26(38)36(35,8)30(29)41;1-17-15-19(26(28(5,6)36)37-18(2)33)38-24-23(17)29(7)13-14-32-16-31(32)12-11-22(34)27(3,4)20(31)9-10-21(32)30(29,8)25(24)35;7-6(9)5-2-1-3-8-4-5;/h9-10,17,19,21,24-31,41,43H,11-16,18,20H2,1-8H3;17,19-26,34-36H,9-16H2,1-8H3;1-4H;1H/t21-,24-,25+,26+,27+,28+,29+,30+,31+,35-,36-,37-,38+;17-,19-,20+,21+,22+,23+,24+,25+,26+,29-,30-,31-,32+;;/m11../s1. The number of aromatic amines is 1.